The Morgan fingerprint density at radius 1 is 1.53 bits per heavy atom. The highest BCUT2D eigenvalue weighted by molar-refractivity contribution is 5.84. The minimum Gasteiger partial charge on any atom is -0.377 e. The molecular weight excluding hydrogens is 244 g/mol. The van der Waals surface area contributed by atoms with Crippen LogP contribution in [0.15, 0.2) is 6.33 Å². The molecule has 102 valence electrons. The monoisotopic (exact) mass is 262 g/mol. The van der Waals surface area contributed by atoms with E-state index < -0.39 is 0 Å². The van der Waals surface area contributed by atoms with Gasteiger partial charge in [-0.1, -0.05) is 0 Å². The molecule has 2 aromatic rings. The summed E-state index contributed by atoms with van der Waals surface area (Å²) in [6.07, 6.45) is 4.06. The molecule has 1 aliphatic rings. The Bertz CT molecular complexity index is 566. The van der Waals surface area contributed by atoms with Crippen molar-refractivity contribution >= 4 is 22.9 Å². The molecule has 7 heteroatoms. The smallest absolute Gasteiger partial charge is 0.224 e. The lowest BCUT2D eigenvalue weighted by Crippen LogP contribution is -2.40. The van der Waals surface area contributed by atoms with Crippen LogP contribution in [-0.2, 0) is 4.74 Å². The second kappa shape index (κ2) is 5.00. The van der Waals surface area contributed by atoms with E-state index in [1.165, 1.54) is 0 Å². The maximum absolute atomic E-state index is 5.75. The first kappa shape index (κ1) is 12.2. The minimum absolute atomic E-state index is 0.257. The lowest BCUT2D eigenvalue weighted by Gasteiger charge is -2.33. The molecule has 0 aliphatic carbocycles. The van der Waals surface area contributed by atoms with Gasteiger partial charge >= 0.3 is 0 Å². The molecule has 19 heavy (non-hydrogen) atoms. The van der Waals surface area contributed by atoms with Gasteiger partial charge in [-0.25, -0.2) is 4.98 Å². The highest BCUT2D eigenvalue weighted by atomic mass is 16.5. The van der Waals surface area contributed by atoms with Gasteiger partial charge in [-0.3, -0.25) is 0 Å². The van der Waals surface area contributed by atoms with Gasteiger partial charge in [0, 0.05) is 19.7 Å². The summed E-state index contributed by atoms with van der Waals surface area (Å²) in [5.41, 5.74) is 7.20. The Morgan fingerprint density at radius 3 is 3.26 bits per heavy atom. The number of piperidine rings is 1. The van der Waals surface area contributed by atoms with Gasteiger partial charge < -0.3 is 20.4 Å². The first-order chi connectivity index (χ1) is 9.28. The first-order valence-electron chi connectivity index (χ1n) is 6.61. The number of nitrogens with two attached hydrogens (primary N) is 1. The number of ether oxygens (including phenoxy) is 1. The average Bonchev–Trinajstić information content (AvgIpc) is 2.86. The number of H-pyrrole nitrogens is 1. The summed E-state index contributed by atoms with van der Waals surface area (Å²) < 4.78 is 5.72. The van der Waals surface area contributed by atoms with Gasteiger partial charge in [-0.2, -0.15) is 9.97 Å². The molecule has 0 radical (unpaired) electrons. The van der Waals surface area contributed by atoms with E-state index in [0.29, 0.717) is 5.65 Å². The summed E-state index contributed by atoms with van der Waals surface area (Å²) in [4.78, 5) is 17.9. The average molecular weight is 262 g/mol. The van der Waals surface area contributed by atoms with Crippen LogP contribution in [0, 0.1) is 0 Å². The van der Waals surface area contributed by atoms with Crippen LogP contribution in [0.5, 0.6) is 0 Å². The Labute approximate surface area is 111 Å². The third-order valence-electron chi connectivity index (χ3n) is 3.36. The molecule has 1 unspecified atom stereocenters. The van der Waals surface area contributed by atoms with Gasteiger partial charge in [-0.15, -0.1) is 0 Å². The number of aromatic amines is 1. The SMILES string of the molecule is CCOC1CCCN(c2nc(N)nc3nc[nH]c23)C1. The van der Waals surface area contributed by atoms with Gasteiger partial charge in [0.05, 0.1) is 12.4 Å². The molecule has 7 nitrogen and oxygen atoms in total. The highest BCUT2D eigenvalue weighted by Gasteiger charge is 2.23. The number of fused-ring (bicyclic) bond motifs is 1. The number of rotatable bonds is 3. The Balaban J connectivity index is 1.92. The van der Waals surface area contributed by atoms with Crippen molar-refractivity contribution in [2.45, 2.75) is 25.9 Å². The molecule has 1 fully saturated rings. The summed E-state index contributed by atoms with van der Waals surface area (Å²) in [5.74, 6) is 1.08. The summed E-state index contributed by atoms with van der Waals surface area (Å²) in [7, 11) is 0. The van der Waals surface area contributed by atoms with Crippen molar-refractivity contribution in [2.24, 2.45) is 0 Å². The van der Waals surface area contributed by atoms with Crippen molar-refractivity contribution in [3.05, 3.63) is 6.33 Å². The number of aromatic nitrogens is 4. The number of hydrogen-bond acceptors (Lipinski definition) is 6. The van der Waals surface area contributed by atoms with Crippen LogP contribution < -0.4 is 10.6 Å². The number of hydrogen-bond donors (Lipinski definition) is 2. The van der Waals surface area contributed by atoms with Gasteiger partial charge in [0.1, 0.15) is 5.52 Å². The molecule has 0 saturated carbocycles. The minimum atomic E-state index is 0.257. The van der Waals surface area contributed by atoms with E-state index in [1.807, 2.05) is 6.92 Å². The van der Waals surface area contributed by atoms with Crippen molar-refractivity contribution in [1.82, 2.24) is 19.9 Å². The second-order valence-electron chi connectivity index (χ2n) is 4.67. The highest BCUT2D eigenvalue weighted by Crippen LogP contribution is 2.25. The van der Waals surface area contributed by atoms with E-state index >= 15 is 0 Å². The summed E-state index contributed by atoms with van der Waals surface area (Å²) in [6.45, 7) is 4.55. The maximum Gasteiger partial charge on any atom is 0.224 e. The van der Waals surface area contributed by atoms with Crippen molar-refractivity contribution in [3.63, 3.8) is 0 Å². The van der Waals surface area contributed by atoms with Crippen LogP contribution in [0.2, 0.25) is 0 Å². The number of nitrogens with zero attached hydrogens (tertiary/aromatic N) is 4. The molecular formula is C12H18N6O. The Morgan fingerprint density at radius 2 is 2.42 bits per heavy atom. The topological polar surface area (TPSA) is 92.9 Å². The molecule has 0 amide bonds. The van der Waals surface area contributed by atoms with Gasteiger partial charge in [0.2, 0.25) is 5.95 Å². The molecule has 1 saturated heterocycles. The van der Waals surface area contributed by atoms with Crippen LogP contribution in [0.25, 0.3) is 11.2 Å². The van der Waals surface area contributed by atoms with Crippen molar-refractivity contribution in [1.29, 1.82) is 0 Å². The summed E-state index contributed by atoms with van der Waals surface area (Å²) >= 11 is 0. The fourth-order valence-electron chi connectivity index (χ4n) is 2.57. The second-order valence-corrected chi connectivity index (χ2v) is 4.67. The van der Waals surface area contributed by atoms with Gasteiger partial charge in [0.15, 0.2) is 11.5 Å². The van der Waals surface area contributed by atoms with E-state index in [4.69, 9.17) is 10.5 Å². The zero-order valence-electron chi connectivity index (χ0n) is 11.0. The molecule has 0 spiro atoms. The number of nitrogen functional groups attached to an aromatic ring is 1. The lowest BCUT2D eigenvalue weighted by atomic mass is 10.1. The molecule has 3 rings (SSSR count). The van der Waals surface area contributed by atoms with Crippen LogP contribution in [-0.4, -0.2) is 45.7 Å². The van der Waals surface area contributed by atoms with Gasteiger partial charge in [-0.05, 0) is 19.8 Å². The van der Waals surface area contributed by atoms with Crippen molar-refractivity contribution in [3.8, 4) is 0 Å². The van der Waals surface area contributed by atoms with E-state index in [9.17, 15) is 0 Å². The van der Waals surface area contributed by atoms with E-state index in [2.05, 4.69) is 24.8 Å². The predicted octanol–water partition coefficient (Wildman–Crippen LogP) is 0.940. The van der Waals surface area contributed by atoms with Crippen LogP contribution in [0.4, 0.5) is 11.8 Å². The third kappa shape index (κ3) is 2.33. The normalized spacial score (nSPS) is 20.1. The fraction of sp³-hybridized carbons (Fsp3) is 0.583. The molecule has 3 N–H and O–H groups in total. The van der Waals surface area contributed by atoms with Crippen molar-refractivity contribution in [2.75, 3.05) is 30.3 Å². The summed E-state index contributed by atoms with van der Waals surface area (Å²) in [6, 6.07) is 0. The lowest BCUT2D eigenvalue weighted by molar-refractivity contribution is 0.0525. The number of anilines is 2. The molecule has 0 bridgehead atoms. The zero-order valence-corrected chi connectivity index (χ0v) is 11.0. The number of nitrogens with one attached hydrogen (secondary N) is 1. The maximum atomic E-state index is 5.75. The fourth-order valence-corrected chi connectivity index (χ4v) is 2.57. The largest absolute Gasteiger partial charge is 0.377 e. The van der Waals surface area contributed by atoms with Crippen LogP contribution in [0.1, 0.15) is 19.8 Å². The Hall–Kier alpha value is -1.89. The molecule has 1 aliphatic heterocycles. The first-order valence-corrected chi connectivity index (χ1v) is 6.61. The van der Waals surface area contributed by atoms with E-state index in [0.717, 1.165) is 43.9 Å². The quantitative estimate of drug-likeness (QED) is 0.855. The standard InChI is InChI=1S/C12H18N6O/c1-2-19-8-4-3-5-18(6-8)11-9-10(15-7-14-9)16-12(13)17-11/h7-8H,2-6H2,1H3,(H3,13,14,15,16,17). The zero-order chi connectivity index (χ0) is 13.2. The van der Waals surface area contributed by atoms with E-state index in [1.54, 1.807) is 6.33 Å². The molecule has 1 atom stereocenters. The number of imidazole rings is 1. The molecule has 2 aromatic heterocycles. The summed E-state index contributed by atoms with van der Waals surface area (Å²) in [5, 5.41) is 0. The van der Waals surface area contributed by atoms with Gasteiger partial charge in [0.25, 0.3) is 0 Å². The predicted molar refractivity (Wildman–Crippen MR) is 73.0 cm³/mol. The Kier molecular flexibility index (Phi) is 3.20. The van der Waals surface area contributed by atoms with Crippen LogP contribution >= 0.6 is 0 Å². The third-order valence-corrected chi connectivity index (χ3v) is 3.36. The van der Waals surface area contributed by atoms with E-state index in [-0.39, 0.29) is 12.1 Å². The molecule has 3 heterocycles. The molecule has 0 aromatic carbocycles. The van der Waals surface area contributed by atoms with Crippen molar-refractivity contribution < 1.29 is 4.74 Å². The van der Waals surface area contributed by atoms with Crippen LogP contribution in [0.3, 0.4) is 0 Å².